The van der Waals surface area contributed by atoms with Gasteiger partial charge in [-0.3, -0.25) is 0 Å². The first-order valence-corrected chi connectivity index (χ1v) is 7.34. The Morgan fingerprint density at radius 3 is 2.21 bits per heavy atom. The quantitative estimate of drug-likeness (QED) is 0.909. The van der Waals surface area contributed by atoms with Crippen molar-refractivity contribution in [1.82, 2.24) is 0 Å². The minimum atomic E-state index is -3.66. The molecule has 0 saturated heterocycles. The summed E-state index contributed by atoms with van der Waals surface area (Å²) in [6, 6.07) is 16.2. The van der Waals surface area contributed by atoms with Gasteiger partial charge in [-0.05, 0) is 23.3 Å². The van der Waals surface area contributed by atoms with Gasteiger partial charge in [-0.25, -0.2) is 13.6 Å². The van der Waals surface area contributed by atoms with Crippen LogP contribution in [0.2, 0.25) is 0 Å². The zero-order chi connectivity index (χ0) is 13.7. The van der Waals surface area contributed by atoms with Gasteiger partial charge < -0.3 is 4.74 Å². The molecule has 0 aliphatic rings. The molecule has 2 N–H and O–H groups in total. The van der Waals surface area contributed by atoms with E-state index in [0.29, 0.717) is 13.2 Å². The van der Waals surface area contributed by atoms with Gasteiger partial charge in [-0.1, -0.05) is 42.5 Å². The number of hydrogen-bond donors (Lipinski definition) is 1. The van der Waals surface area contributed by atoms with Crippen molar-refractivity contribution in [2.45, 2.75) is 18.1 Å². The van der Waals surface area contributed by atoms with Gasteiger partial charge >= 0.3 is 0 Å². The van der Waals surface area contributed by atoms with Gasteiger partial charge in [0.05, 0.1) is 18.1 Å². The Balaban J connectivity index is 1.97. The van der Waals surface area contributed by atoms with E-state index in [4.69, 9.17) is 9.88 Å². The van der Waals surface area contributed by atoms with E-state index in [1.54, 1.807) is 12.1 Å². The molecule has 2 aromatic carbocycles. The zero-order valence-corrected chi connectivity index (χ0v) is 11.1. The van der Waals surface area contributed by atoms with E-state index in [1.807, 2.05) is 30.3 Å². The van der Waals surface area contributed by atoms with Gasteiger partial charge in [0.15, 0.2) is 0 Å². The van der Waals surface area contributed by atoms with Gasteiger partial charge in [0, 0.05) is 0 Å². The highest BCUT2D eigenvalue weighted by atomic mass is 32.2. The minimum Gasteiger partial charge on any atom is -0.372 e. The number of benzene rings is 2. The highest BCUT2D eigenvalue weighted by Crippen LogP contribution is 2.11. The molecule has 4 nitrogen and oxygen atoms in total. The Kier molecular flexibility index (Phi) is 4.31. The van der Waals surface area contributed by atoms with Gasteiger partial charge in [-0.2, -0.15) is 0 Å². The topological polar surface area (TPSA) is 69.4 Å². The molecule has 0 amide bonds. The molecule has 0 atom stereocenters. The molecule has 5 heteroatoms. The lowest BCUT2D eigenvalue weighted by Crippen LogP contribution is -2.12. The Morgan fingerprint density at radius 2 is 1.53 bits per heavy atom. The maximum Gasteiger partial charge on any atom is 0.238 e. The van der Waals surface area contributed by atoms with Crippen molar-refractivity contribution >= 4 is 10.0 Å². The molecule has 0 spiro atoms. The molecular weight excluding hydrogens is 262 g/mol. The van der Waals surface area contributed by atoms with Crippen LogP contribution >= 0.6 is 0 Å². The number of rotatable bonds is 5. The fourth-order valence-corrected chi connectivity index (χ4v) is 2.26. The summed E-state index contributed by atoms with van der Waals surface area (Å²) in [6.45, 7) is 0.832. The van der Waals surface area contributed by atoms with Crippen LogP contribution in [0.4, 0.5) is 0 Å². The summed E-state index contributed by atoms with van der Waals surface area (Å²) in [5.74, 6) is 0. The van der Waals surface area contributed by atoms with E-state index in [9.17, 15) is 8.42 Å². The summed E-state index contributed by atoms with van der Waals surface area (Å²) in [5, 5.41) is 5.08. The van der Waals surface area contributed by atoms with Crippen molar-refractivity contribution in [3.63, 3.8) is 0 Å². The highest BCUT2D eigenvalue weighted by molar-refractivity contribution is 7.89. The molecule has 19 heavy (non-hydrogen) atoms. The predicted octanol–water partition coefficient (Wildman–Crippen LogP) is 2.05. The molecule has 0 radical (unpaired) electrons. The second-order valence-corrected chi connectivity index (χ2v) is 5.73. The van der Waals surface area contributed by atoms with Crippen LogP contribution in [-0.2, 0) is 28.0 Å². The smallest absolute Gasteiger partial charge is 0.238 e. The predicted molar refractivity (Wildman–Crippen MR) is 72.8 cm³/mol. The van der Waals surface area contributed by atoms with Gasteiger partial charge in [0.1, 0.15) is 0 Å². The van der Waals surface area contributed by atoms with Crippen molar-refractivity contribution in [3.8, 4) is 0 Å². The number of hydrogen-bond acceptors (Lipinski definition) is 3. The maximum absolute atomic E-state index is 11.2. The van der Waals surface area contributed by atoms with E-state index in [0.717, 1.165) is 11.1 Å². The van der Waals surface area contributed by atoms with Gasteiger partial charge in [-0.15, -0.1) is 0 Å². The lowest BCUT2D eigenvalue weighted by atomic mass is 10.2. The lowest BCUT2D eigenvalue weighted by molar-refractivity contribution is 0.107. The fraction of sp³-hybridized carbons (Fsp3) is 0.143. The molecule has 2 rings (SSSR count). The summed E-state index contributed by atoms with van der Waals surface area (Å²) >= 11 is 0. The maximum atomic E-state index is 11.2. The first-order chi connectivity index (χ1) is 9.05. The second-order valence-electron chi connectivity index (χ2n) is 4.17. The third kappa shape index (κ3) is 4.17. The van der Waals surface area contributed by atoms with E-state index in [2.05, 4.69) is 0 Å². The number of sulfonamides is 1. The molecule has 100 valence electrons. The van der Waals surface area contributed by atoms with Gasteiger partial charge in [0.2, 0.25) is 10.0 Å². The van der Waals surface area contributed by atoms with Crippen LogP contribution in [0.1, 0.15) is 11.1 Å². The third-order valence-corrected chi connectivity index (χ3v) is 3.52. The second kappa shape index (κ2) is 5.97. The van der Waals surface area contributed by atoms with Crippen LogP contribution in [0.15, 0.2) is 59.5 Å². The Morgan fingerprint density at radius 1 is 0.895 bits per heavy atom. The molecule has 0 aliphatic carbocycles. The van der Waals surface area contributed by atoms with Gasteiger partial charge in [0.25, 0.3) is 0 Å². The monoisotopic (exact) mass is 277 g/mol. The largest absolute Gasteiger partial charge is 0.372 e. The summed E-state index contributed by atoms with van der Waals surface area (Å²) in [7, 11) is -3.66. The summed E-state index contributed by atoms with van der Waals surface area (Å²) in [5.41, 5.74) is 1.85. The van der Waals surface area contributed by atoms with Crippen LogP contribution in [0.5, 0.6) is 0 Å². The number of ether oxygens (including phenoxy) is 1. The molecule has 0 saturated carbocycles. The molecular formula is C14H15NO3S. The molecule has 0 unspecified atom stereocenters. The zero-order valence-electron chi connectivity index (χ0n) is 10.3. The van der Waals surface area contributed by atoms with E-state index < -0.39 is 10.0 Å². The molecule has 2 aromatic rings. The minimum absolute atomic E-state index is 0.105. The lowest BCUT2D eigenvalue weighted by Gasteiger charge is -2.06. The highest BCUT2D eigenvalue weighted by Gasteiger charge is 2.07. The van der Waals surface area contributed by atoms with Crippen LogP contribution in [0.3, 0.4) is 0 Å². The summed E-state index contributed by atoms with van der Waals surface area (Å²) in [4.78, 5) is 0.105. The number of primary sulfonamides is 1. The van der Waals surface area contributed by atoms with Crippen LogP contribution in [-0.4, -0.2) is 8.42 Å². The van der Waals surface area contributed by atoms with E-state index in [-0.39, 0.29) is 4.90 Å². The van der Waals surface area contributed by atoms with Crippen LogP contribution in [0, 0.1) is 0 Å². The van der Waals surface area contributed by atoms with Crippen molar-refractivity contribution < 1.29 is 13.2 Å². The SMILES string of the molecule is NS(=O)(=O)c1cccc(COCc2ccccc2)c1. The Labute approximate surface area is 112 Å². The first kappa shape index (κ1) is 13.7. The Bertz CT molecular complexity index is 639. The van der Waals surface area contributed by atoms with Crippen LogP contribution < -0.4 is 5.14 Å². The van der Waals surface area contributed by atoms with Crippen molar-refractivity contribution in [2.24, 2.45) is 5.14 Å². The van der Waals surface area contributed by atoms with Crippen molar-refractivity contribution in [2.75, 3.05) is 0 Å². The number of nitrogens with two attached hydrogens (primary N) is 1. The van der Waals surface area contributed by atoms with Crippen LogP contribution in [0.25, 0.3) is 0 Å². The normalized spacial score (nSPS) is 11.4. The third-order valence-electron chi connectivity index (χ3n) is 2.61. The molecule has 0 aromatic heterocycles. The first-order valence-electron chi connectivity index (χ1n) is 5.79. The standard InChI is InChI=1S/C14H15NO3S/c15-19(16,17)14-8-4-7-13(9-14)11-18-10-12-5-2-1-3-6-12/h1-9H,10-11H2,(H2,15,16,17). The summed E-state index contributed by atoms with van der Waals surface area (Å²) in [6.07, 6.45) is 0. The fourth-order valence-electron chi connectivity index (χ4n) is 1.67. The molecule has 0 fully saturated rings. The molecule has 0 bridgehead atoms. The molecule has 0 heterocycles. The van der Waals surface area contributed by atoms with E-state index in [1.165, 1.54) is 12.1 Å². The molecule has 0 aliphatic heterocycles. The van der Waals surface area contributed by atoms with Crippen molar-refractivity contribution in [1.29, 1.82) is 0 Å². The summed E-state index contributed by atoms with van der Waals surface area (Å²) < 4.78 is 28.0. The Hall–Kier alpha value is -1.69. The van der Waals surface area contributed by atoms with Crippen molar-refractivity contribution in [3.05, 3.63) is 65.7 Å². The average Bonchev–Trinajstić information content (AvgIpc) is 2.39. The van der Waals surface area contributed by atoms with E-state index >= 15 is 0 Å². The average molecular weight is 277 g/mol.